The van der Waals surface area contributed by atoms with Crippen molar-refractivity contribution in [1.29, 1.82) is 0 Å². The molecule has 0 radical (unpaired) electrons. The molecule has 0 spiro atoms. The van der Waals surface area contributed by atoms with Gasteiger partial charge in [-0.1, -0.05) is 0 Å². The number of amides is 1. The van der Waals surface area contributed by atoms with Gasteiger partial charge >= 0.3 is 12.1 Å². The van der Waals surface area contributed by atoms with Crippen LogP contribution in [0.25, 0.3) is 0 Å². The number of rotatable bonds is 7. The summed E-state index contributed by atoms with van der Waals surface area (Å²) >= 11 is 0. The fourth-order valence-corrected chi connectivity index (χ4v) is 6.87. The molecule has 2 aromatic carbocycles. The van der Waals surface area contributed by atoms with E-state index in [-0.39, 0.29) is 54.9 Å². The highest BCUT2D eigenvalue weighted by Crippen LogP contribution is 2.44. The lowest BCUT2D eigenvalue weighted by Gasteiger charge is -2.32. The summed E-state index contributed by atoms with van der Waals surface area (Å²) in [5.74, 6) is -6.91. The SMILES string of the molecule is O=C1CCCN1c1cc(S(=O)(=O)Nc2ccc(F)cc2F)cc2c1N(c1ncc3c(n1)CCN(CC(F)(F)C(F)(F)F)C3)CC2. The molecule has 4 heterocycles. The number of nitrogens with zero attached hydrogens (tertiary/aromatic N) is 5. The number of anilines is 4. The van der Waals surface area contributed by atoms with Crippen LogP contribution in [0.4, 0.5) is 53.7 Å². The van der Waals surface area contributed by atoms with Crippen molar-refractivity contribution in [3.8, 4) is 0 Å². The molecule has 3 aromatic rings. The van der Waals surface area contributed by atoms with Crippen molar-refractivity contribution in [2.75, 3.05) is 40.7 Å². The highest BCUT2D eigenvalue weighted by Gasteiger charge is 2.58. The van der Waals surface area contributed by atoms with Gasteiger partial charge in [0.05, 0.1) is 34.2 Å². The number of sulfonamides is 1. The minimum atomic E-state index is -5.67. The number of nitrogens with one attached hydrogen (secondary N) is 1. The number of benzene rings is 2. The van der Waals surface area contributed by atoms with Crippen LogP contribution in [0.5, 0.6) is 0 Å². The summed E-state index contributed by atoms with van der Waals surface area (Å²) < 4.78 is 122. The van der Waals surface area contributed by atoms with Gasteiger partial charge in [-0.15, -0.1) is 0 Å². The molecule has 3 aliphatic heterocycles. The second-order valence-electron chi connectivity index (χ2n) is 11.0. The third-order valence-electron chi connectivity index (χ3n) is 7.95. The van der Waals surface area contributed by atoms with Crippen LogP contribution >= 0.6 is 0 Å². The molecule has 6 rings (SSSR count). The molecule has 1 aromatic heterocycles. The minimum absolute atomic E-state index is 0.0812. The molecular formula is C28H25F7N6O3S. The third kappa shape index (κ3) is 5.90. The summed E-state index contributed by atoms with van der Waals surface area (Å²) in [7, 11) is -4.39. The third-order valence-corrected chi connectivity index (χ3v) is 9.29. The standard InChI is InChI=1S/C28H25F7N6O3S/c29-18-3-4-22(20(30)11-18)38-45(43,44)19-10-16-5-9-41(25(16)23(12-19)40-7-1-2-24(40)42)26-36-13-17-14-39(8-6-21(17)37-26)15-27(31,32)28(33,34)35/h3-4,10-13,38H,1-2,5-9,14-15H2. The summed E-state index contributed by atoms with van der Waals surface area (Å²) in [6, 6.07) is 5.09. The number of carbonyl (C=O) groups is 1. The average Bonchev–Trinajstić information content (AvgIpc) is 3.59. The fourth-order valence-electron chi connectivity index (χ4n) is 5.73. The molecule has 1 N–H and O–H groups in total. The Kier molecular flexibility index (Phi) is 7.66. The Morgan fingerprint density at radius 1 is 0.911 bits per heavy atom. The molecule has 1 fully saturated rings. The lowest BCUT2D eigenvalue weighted by atomic mass is 10.1. The van der Waals surface area contributed by atoms with Gasteiger partial charge in [-0.3, -0.25) is 14.4 Å². The van der Waals surface area contributed by atoms with Gasteiger partial charge in [-0.25, -0.2) is 27.2 Å². The second kappa shape index (κ2) is 11.1. The molecular weight excluding hydrogens is 633 g/mol. The quantitative estimate of drug-likeness (QED) is 0.360. The van der Waals surface area contributed by atoms with E-state index in [2.05, 4.69) is 14.7 Å². The summed E-state index contributed by atoms with van der Waals surface area (Å²) in [6.07, 6.45) is -3.11. The number of hydrogen-bond donors (Lipinski definition) is 1. The monoisotopic (exact) mass is 658 g/mol. The van der Waals surface area contributed by atoms with Crippen molar-refractivity contribution in [3.63, 3.8) is 0 Å². The van der Waals surface area contributed by atoms with Crippen molar-refractivity contribution in [2.45, 2.75) is 49.2 Å². The Morgan fingerprint density at radius 3 is 2.38 bits per heavy atom. The molecule has 45 heavy (non-hydrogen) atoms. The first-order valence-corrected chi connectivity index (χ1v) is 15.4. The van der Waals surface area contributed by atoms with E-state index in [1.54, 1.807) is 4.90 Å². The predicted octanol–water partition coefficient (Wildman–Crippen LogP) is 4.93. The number of alkyl halides is 5. The van der Waals surface area contributed by atoms with Crippen LogP contribution in [-0.2, 0) is 34.2 Å². The Hall–Kier alpha value is -3.99. The van der Waals surface area contributed by atoms with E-state index in [0.29, 0.717) is 48.0 Å². The van der Waals surface area contributed by atoms with Crippen LogP contribution in [0.3, 0.4) is 0 Å². The first-order chi connectivity index (χ1) is 21.1. The van der Waals surface area contributed by atoms with Gasteiger partial charge in [0.15, 0.2) is 0 Å². The fraction of sp³-hybridized carbons (Fsp3) is 0.393. The topological polar surface area (TPSA) is 98.7 Å². The van der Waals surface area contributed by atoms with Crippen molar-refractivity contribution in [3.05, 3.63) is 65.0 Å². The molecule has 0 saturated carbocycles. The Morgan fingerprint density at radius 2 is 1.69 bits per heavy atom. The first-order valence-electron chi connectivity index (χ1n) is 13.9. The van der Waals surface area contributed by atoms with Crippen molar-refractivity contribution < 1.29 is 43.9 Å². The Balaban J connectivity index is 1.32. The number of aromatic nitrogens is 2. The van der Waals surface area contributed by atoms with E-state index in [1.165, 1.54) is 23.2 Å². The van der Waals surface area contributed by atoms with Gasteiger partial charge in [0.1, 0.15) is 11.6 Å². The van der Waals surface area contributed by atoms with Crippen LogP contribution in [0.2, 0.25) is 0 Å². The predicted molar refractivity (Wildman–Crippen MR) is 148 cm³/mol. The van der Waals surface area contributed by atoms with Crippen LogP contribution in [-0.4, -0.2) is 67.5 Å². The van der Waals surface area contributed by atoms with E-state index < -0.39 is 46.0 Å². The zero-order valence-electron chi connectivity index (χ0n) is 23.3. The second-order valence-corrected chi connectivity index (χ2v) is 12.7. The summed E-state index contributed by atoms with van der Waals surface area (Å²) in [5.41, 5.74) is 1.71. The van der Waals surface area contributed by atoms with Crippen LogP contribution in [0.15, 0.2) is 41.4 Å². The van der Waals surface area contributed by atoms with Crippen molar-refractivity contribution in [2.24, 2.45) is 0 Å². The van der Waals surface area contributed by atoms with E-state index in [9.17, 15) is 43.9 Å². The van der Waals surface area contributed by atoms with Gasteiger partial charge in [-0.05, 0) is 42.7 Å². The molecule has 0 atom stereocenters. The van der Waals surface area contributed by atoms with Gasteiger partial charge in [0, 0.05) is 56.8 Å². The van der Waals surface area contributed by atoms with E-state index in [0.717, 1.165) is 17.0 Å². The maximum Gasteiger partial charge on any atom is 0.454 e. The van der Waals surface area contributed by atoms with Gasteiger partial charge in [-0.2, -0.15) is 22.0 Å². The van der Waals surface area contributed by atoms with Gasteiger partial charge in [0.25, 0.3) is 10.0 Å². The molecule has 0 unspecified atom stereocenters. The molecule has 1 amide bonds. The minimum Gasteiger partial charge on any atom is -0.310 e. The van der Waals surface area contributed by atoms with Crippen LogP contribution in [0.1, 0.15) is 29.7 Å². The zero-order chi connectivity index (χ0) is 32.3. The average molecular weight is 659 g/mol. The maximum absolute atomic E-state index is 14.3. The number of hydrogen-bond acceptors (Lipinski definition) is 7. The smallest absolute Gasteiger partial charge is 0.310 e. The molecule has 1 saturated heterocycles. The molecule has 0 aliphatic carbocycles. The summed E-state index contributed by atoms with van der Waals surface area (Å²) in [6.45, 7) is -1.17. The molecule has 240 valence electrons. The normalized spacial score (nSPS) is 17.5. The van der Waals surface area contributed by atoms with Crippen molar-refractivity contribution in [1.82, 2.24) is 14.9 Å². The zero-order valence-corrected chi connectivity index (χ0v) is 24.2. The van der Waals surface area contributed by atoms with Crippen LogP contribution < -0.4 is 14.5 Å². The van der Waals surface area contributed by atoms with E-state index >= 15 is 0 Å². The molecule has 9 nitrogen and oxygen atoms in total. The number of carbonyl (C=O) groups excluding carboxylic acids is 1. The lowest BCUT2D eigenvalue weighted by molar-refractivity contribution is -0.287. The molecule has 0 bridgehead atoms. The van der Waals surface area contributed by atoms with E-state index in [4.69, 9.17) is 0 Å². The highest BCUT2D eigenvalue weighted by molar-refractivity contribution is 7.92. The van der Waals surface area contributed by atoms with Crippen molar-refractivity contribution >= 4 is 38.9 Å². The number of fused-ring (bicyclic) bond motifs is 2. The maximum atomic E-state index is 14.3. The molecule has 17 heteroatoms. The highest BCUT2D eigenvalue weighted by atomic mass is 32.2. The summed E-state index contributed by atoms with van der Waals surface area (Å²) in [5, 5.41) is 0. The first kappa shape index (κ1) is 31.0. The van der Waals surface area contributed by atoms with E-state index in [1.807, 2.05) is 0 Å². The molecule has 3 aliphatic rings. The number of halogens is 7. The summed E-state index contributed by atoms with van der Waals surface area (Å²) in [4.78, 5) is 25.7. The van der Waals surface area contributed by atoms with Gasteiger partial charge in [0.2, 0.25) is 11.9 Å². The Labute approximate surface area is 252 Å². The lowest BCUT2D eigenvalue weighted by Crippen LogP contribution is -2.48. The van der Waals surface area contributed by atoms with Crippen LogP contribution in [0, 0.1) is 11.6 Å². The Bertz CT molecular complexity index is 1790. The van der Waals surface area contributed by atoms with Gasteiger partial charge < -0.3 is 9.80 Å². The largest absolute Gasteiger partial charge is 0.454 e.